The molecule has 1 heterocycles. The number of amidine groups is 1. The van der Waals surface area contributed by atoms with E-state index in [0.29, 0.717) is 17.4 Å². The second-order valence-corrected chi connectivity index (χ2v) is 7.47. The van der Waals surface area contributed by atoms with Crippen molar-refractivity contribution < 1.29 is 14.3 Å². The largest absolute Gasteiger partial charge is 0.497 e. The van der Waals surface area contributed by atoms with Crippen LogP contribution in [0.1, 0.15) is 12.0 Å². The number of rotatable bonds is 6. The molecule has 3 rings (SSSR count). The Morgan fingerprint density at radius 3 is 2.57 bits per heavy atom. The summed E-state index contributed by atoms with van der Waals surface area (Å²) in [5.41, 5.74) is 1.86. The zero-order valence-electron chi connectivity index (χ0n) is 15.9. The molecule has 1 fully saturated rings. The number of carbonyl (C=O) groups excluding carboxylic acids is 2. The van der Waals surface area contributed by atoms with Crippen LogP contribution in [-0.4, -0.2) is 47.8 Å². The second-order valence-electron chi connectivity index (χ2n) is 6.30. The number of ether oxygens (including phenoxy) is 1. The maximum Gasteiger partial charge on any atom is 0.233 e. The number of nitrogens with one attached hydrogen (secondary N) is 1. The summed E-state index contributed by atoms with van der Waals surface area (Å²) >= 11 is 1.33. The van der Waals surface area contributed by atoms with Crippen LogP contribution >= 0.6 is 11.8 Å². The number of hydrogen-bond acceptors (Lipinski definition) is 5. The van der Waals surface area contributed by atoms with Gasteiger partial charge in [0.25, 0.3) is 0 Å². The Kier molecular flexibility index (Phi) is 6.71. The molecule has 0 radical (unpaired) electrons. The zero-order chi connectivity index (χ0) is 19.9. The summed E-state index contributed by atoms with van der Waals surface area (Å²) in [6.07, 6.45) is 0.889. The maximum atomic E-state index is 12.8. The lowest BCUT2D eigenvalue weighted by Crippen LogP contribution is -2.46. The molecule has 1 aliphatic heterocycles. The van der Waals surface area contributed by atoms with E-state index >= 15 is 0 Å². The van der Waals surface area contributed by atoms with Crippen molar-refractivity contribution in [3.63, 3.8) is 0 Å². The monoisotopic (exact) mass is 397 g/mol. The van der Waals surface area contributed by atoms with E-state index in [1.165, 1.54) is 11.8 Å². The van der Waals surface area contributed by atoms with Crippen molar-refractivity contribution in [1.29, 1.82) is 0 Å². The average Bonchev–Trinajstić information content (AvgIpc) is 2.73. The fourth-order valence-electron chi connectivity index (χ4n) is 2.88. The average molecular weight is 398 g/mol. The summed E-state index contributed by atoms with van der Waals surface area (Å²) in [6, 6.07) is 17.3. The third-order valence-corrected chi connectivity index (χ3v) is 5.63. The quantitative estimate of drug-likeness (QED) is 0.813. The Bertz CT molecular complexity index is 853. The van der Waals surface area contributed by atoms with Gasteiger partial charge in [0.15, 0.2) is 5.17 Å². The standard InChI is InChI=1S/C21H23N3O3S/c1-22-20(26)18-14-19(25)24(13-12-15-6-4-3-5-7-15)21(28-18)23-16-8-10-17(27-2)11-9-16/h3-11,18H,12-14H2,1-2H3,(H,22,26)/t18-/m0/s1. The molecule has 1 N–H and O–H groups in total. The molecule has 146 valence electrons. The molecule has 6 nitrogen and oxygen atoms in total. The maximum absolute atomic E-state index is 12.8. The molecule has 0 unspecified atom stereocenters. The van der Waals surface area contributed by atoms with E-state index in [0.717, 1.165) is 17.7 Å². The van der Waals surface area contributed by atoms with Gasteiger partial charge in [-0.15, -0.1) is 0 Å². The molecule has 28 heavy (non-hydrogen) atoms. The van der Waals surface area contributed by atoms with E-state index in [4.69, 9.17) is 4.74 Å². The molecule has 0 aromatic heterocycles. The Morgan fingerprint density at radius 2 is 1.93 bits per heavy atom. The molecule has 0 spiro atoms. The highest BCUT2D eigenvalue weighted by Crippen LogP contribution is 2.29. The van der Waals surface area contributed by atoms with Gasteiger partial charge in [-0.2, -0.15) is 0 Å². The minimum atomic E-state index is -0.470. The molecule has 0 bridgehead atoms. The number of thioether (sulfide) groups is 1. The molecular formula is C21H23N3O3S. The molecule has 2 amide bonds. The van der Waals surface area contributed by atoms with Crippen LogP contribution < -0.4 is 10.1 Å². The summed E-state index contributed by atoms with van der Waals surface area (Å²) in [5.74, 6) is 0.486. The van der Waals surface area contributed by atoms with Crippen LogP contribution in [0.2, 0.25) is 0 Å². The Balaban J connectivity index is 1.84. The van der Waals surface area contributed by atoms with Crippen molar-refractivity contribution >= 4 is 34.4 Å². The van der Waals surface area contributed by atoms with Crippen LogP contribution in [0.4, 0.5) is 5.69 Å². The summed E-state index contributed by atoms with van der Waals surface area (Å²) in [5, 5.41) is 2.70. The number of aliphatic imine (C=N–C) groups is 1. The Morgan fingerprint density at radius 1 is 1.21 bits per heavy atom. The van der Waals surface area contributed by atoms with E-state index < -0.39 is 5.25 Å². The van der Waals surface area contributed by atoms with Crippen LogP contribution in [0, 0.1) is 0 Å². The molecule has 0 aliphatic carbocycles. The fraction of sp³-hybridized carbons (Fsp3) is 0.286. The first-order valence-corrected chi connectivity index (χ1v) is 9.94. The third-order valence-electron chi connectivity index (χ3n) is 4.44. The Labute approximate surface area is 169 Å². The van der Waals surface area contributed by atoms with E-state index in [1.54, 1.807) is 19.1 Å². The predicted octanol–water partition coefficient (Wildman–Crippen LogP) is 3.01. The van der Waals surface area contributed by atoms with Gasteiger partial charge < -0.3 is 10.1 Å². The Hall–Kier alpha value is -2.80. The van der Waals surface area contributed by atoms with E-state index in [2.05, 4.69) is 10.3 Å². The molecular weight excluding hydrogens is 374 g/mol. The van der Waals surface area contributed by atoms with E-state index in [1.807, 2.05) is 54.6 Å². The first-order chi connectivity index (χ1) is 13.6. The van der Waals surface area contributed by atoms with Gasteiger partial charge >= 0.3 is 0 Å². The van der Waals surface area contributed by atoms with Crippen molar-refractivity contribution in [2.24, 2.45) is 4.99 Å². The molecule has 2 aromatic carbocycles. The lowest BCUT2D eigenvalue weighted by molar-refractivity contribution is -0.130. The van der Waals surface area contributed by atoms with Gasteiger partial charge in [-0.25, -0.2) is 4.99 Å². The third kappa shape index (κ3) is 4.92. The molecule has 0 saturated carbocycles. The highest BCUT2D eigenvalue weighted by molar-refractivity contribution is 8.15. The van der Waals surface area contributed by atoms with E-state index in [9.17, 15) is 9.59 Å². The van der Waals surface area contributed by atoms with Gasteiger partial charge in [0.1, 0.15) is 5.75 Å². The van der Waals surface area contributed by atoms with Crippen LogP contribution in [-0.2, 0) is 16.0 Å². The van der Waals surface area contributed by atoms with Crippen LogP contribution in [0.5, 0.6) is 5.75 Å². The van der Waals surface area contributed by atoms with Crippen molar-refractivity contribution in [3.8, 4) is 5.75 Å². The first kappa shape index (κ1) is 19.9. The van der Waals surface area contributed by atoms with Gasteiger partial charge in [-0.05, 0) is 36.2 Å². The molecule has 1 saturated heterocycles. The van der Waals surface area contributed by atoms with E-state index in [-0.39, 0.29) is 18.2 Å². The molecule has 1 atom stereocenters. The number of benzene rings is 2. The van der Waals surface area contributed by atoms with Crippen molar-refractivity contribution in [2.75, 3.05) is 20.7 Å². The van der Waals surface area contributed by atoms with Gasteiger partial charge in [0.2, 0.25) is 11.8 Å². The lowest BCUT2D eigenvalue weighted by Gasteiger charge is -2.31. The number of nitrogens with zero attached hydrogens (tertiary/aromatic N) is 2. The van der Waals surface area contributed by atoms with Gasteiger partial charge in [-0.1, -0.05) is 42.1 Å². The van der Waals surface area contributed by atoms with Gasteiger partial charge in [0.05, 0.1) is 18.0 Å². The van der Waals surface area contributed by atoms with Crippen LogP contribution in [0.15, 0.2) is 59.6 Å². The predicted molar refractivity (Wildman–Crippen MR) is 112 cm³/mol. The minimum absolute atomic E-state index is 0.0875. The number of amides is 2. The minimum Gasteiger partial charge on any atom is -0.497 e. The normalized spacial score (nSPS) is 18.2. The second kappa shape index (κ2) is 9.41. The smallest absolute Gasteiger partial charge is 0.233 e. The first-order valence-electron chi connectivity index (χ1n) is 9.06. The number of hydrogen-bond donors (Lipinski definition) is 1. The topological polar surface area (TPSA) is 71.0 Å². The molecule has 7 heteroatoms. The summed E-state index contributed by atoms with van der Waals surface area (Å²) in [4.78, 5) is 31.2. The highest BCUT2D eigenvalue weighted by Gasteiger charge is 2.35. The fourth-order valence-corrected chi connectivity index (χ4v) is 4.06. The molecule has 1 aliphatic rings. The summed E-state index contributed by atoms with van der Waals surface area (Å²) in [7, 11) is 3.19. The number of methoxy groups -OCH3 is 1. The van der Waals surface area contributed by atoms with Crippen LogP contribution in [0.3, 0.4) is 0 Å². The van der Waals surface area contributed by atoms with Crippen molar-refractivity contribution in [3.05, 3.63) is 60.2 Å². The lowest BCUT2D eigenvalue weighted by atomic mass is 10.1. The summed E-state index contributed by atoms with van der Waals surface area (Å²) < 4.78 is 5.18. The van der Waals surface area contributed by atoms with Gasteiger partial charge in [0, 0.05) is 20.0 Å². The molecule has 2 aromatic rings. The number of carbonyl (C=O) groups is 2. The summed E-state index contributed by atoms with van der Waals surface area (Å²) in [6.45, 7) is 0.519. The van der Waals surface area contributed by atoms with Crippen LogP contribution in [0.25, 0.3) is 0 Å². The van der Waals surface area contributed by atoms with Crippen molar-refractivity contribution in [2.45, 2.75) is 18.1 Å². The van der Waals surface area contributed by atoms with Crippen molar-refractivity contribution in [1.82, 2.24) is 10.2 Å². The highest BCUT2D eigenvalue weighted by atomic mass is 32.2. The van der Waals surface area contributed by atoms with Gasteiger partial charge in [-0.3, -0.25) is 14.5 Å². The SMILES string of the molecule is CNC(=O)[C@@H]1CC(=O)N(CCc2ccccc2)C(=Nc2ccc(OC)cc2)S1. The zero-order valence-corrected chi connectivity index (χ0v) is 16.7.